The van der Waals surface area contributed by atoms with Crippen LogP contribution in [0, 0.1) is 5.41 Å². The fraction of sp³-hybridized carbons (Fsp3) is 0.900. The lowest BCUT2D eigenvalue weighted by atomic mass is 9.71. The van der Waals surface area contributed by atoms with E-state index in [4.69, 9.17) is 4.74 Å². The first-order valence-electron chi connectivity index (χ1n) is 4.70. The van der Waals surface area contributed by atoms with Gasteiger partial charge in [-0.3, -0.25) is 4.79 Å². The molecule has 0 aromatic carbocycles. The van der Waals surface area contributed by atoms with E-state index in [2.05, 4.69) is 20.8 Å². The maximum atomic E-state index is 11.5. The molecule has 2 unspecified atom stereocenters. The van der Waals surface area contributed by atoms with E-state index in [1.54, 1.807) is 0 Å². The highest BCUT2D eigenvalue weighted by Gasteiger charge is 2.64. The van der Waals surface area contributed by atoms with Gasteiger partial charge < -0.3 is 4.74 Å². The average Bonchev–Trinajstić information content (AvgIpc) is 2.61. The standard InChI is InChI=1S/C10H16O2/c1-4-10-6-9(2,3)5-7(11)8(10)12-10/h8H,4-6H2,1-3H3. The highest BCUT2D eigenvalue weighted by molar-refractivity contribution is 5.88. The van der Waals surface area contributed by atoms with Gasteiger partial charge in [-0.1, -0.05) is 20.8 Å². The summed E-state index contributed by atoms with van der Waals surface area (Å²) < 4.78 is 5.51. The van der Waals surface area contributed by atoms with Gasteiger partial charge in [0, 0.05) is 6.42 Å². The largest absolute Gasteiger partial charge is 0.358 e. The molecule has 1 saturated carbocycles. The van der Waals surface area contributed by atoms with Crippen LogP contribution in [0.1, 0.15) is 40.0 Å². The summed E-state index contributed by atoms with van der Waals surface area (Å²) in [6, 6.07) is 0. The molecule has 2 nitrogen and oxygen atoms in total. The van der Waals surface area contributed by atoms with E-state index >= 15 is 0 Å². The number of fused-ring (bicyclic) bond motifs is 1. The Bertz CT molecular complexity index is 232. The molecule has 12 heavy (non-hydrogen) atoms. The molecule has 0 aromatic rings. The molecule has 1 saturated heterocycles. The van der Waals surface area contributed by atoms with E-state index in [0.29, 0.717) is 12.2 Å². The summed E-state index contributed by atoms with van der Waals surface area (Å²) in [7, 11) is 0. The minimum atomic E-state index is -0.0567. The summed E-state index contributed by atoms with van der Waals surface area (Å²) >= 11 is 0. The average molecular weight is 168 g/mol. The van der Waals surface area contributed by atoms with Crippen molar-refractivity contribution in [3.8, 4) is 0 Å². The number of hydrogen-bond acceptors (Lipinski definition) is 2. The van der Waals surface area contributed by atoms with Crippen molar-refractivity contribution < 1.29 is 9.53 Å². The van der Waals surface area contributed by atoms with Gasteiger partial charge in [0.2, 0.25) is 0 Å². The molecule has 2 aliphatic rings. The Labute approximate surface area is 73.3 Å². The Morgan fingerprint density at radius 3 is 2.83 bits per heavy atom. The van der Waals surface area contributed by atoms with Crippen molar-refractivity contribution in [3.63, 3.8) is 0 Å². The molecular weight excluding hydrogens is 152 g/mol. The number of hydrogen-bond donors (Lipinski definition) is 0. The lowest BCUT2D eigenvalue weighted by Gasteiger charge is -2.30. The van der Waals surface area contributed by atoms with Gasteiger partial charge in [0.15, 0.2) is 5.78 Å². The Morgan fingerprint density at radius 1 is 1.58 bits per heavy atom. The minimum Gasteiger partial charge on any atom is -0.358 e. The van der Waals surface area contributed by atoms with Gasteiger partial charge in [0.05, 0.1) is 0 Å². The Kier molecular flexibility index (Phi) is 1.45. The topological polar surface area (TPSA) is 29.6 Å². The molecule has 1 aliphatic heterocycles. The van der Waals surface area contributed by atoms with Crippen LogP contribution in [0.5, 0.6) is 0 Å². The number of Topliss-reactive ketones (excluding diaryl/α,β-unsaturated/α-hetero) is 1. The van der Waals surface area contributed by atoms with Gasteiger partial charge in [0.1, 0.15) is 11.7 Å². The molecule has 1 aliphatic carbocycles. The number of rotatable bonds is 1. The first-order valence-corrected chi connectivity index (χ1v) is 4.70. The van der Waals surface area contributed by atoms with Crippen molar-refractivity contribution in [1.82, 2.24) is 0 Å². The van der Waals surface area contributed by atoms with Crippen LogP contribution in [-0.2, 0) is 9.53 Å². The van der Waals surface area contributed by atoms with Crippen molar-refractivity contribution in [2.45, 2.75) is 51.7 Å². The zero-order chi connectivity index (χ0) is 8.98. The van der Waals surface area contributed by atoms with E-state index in [9.17, 15) is 4.79 Å². The zero-order valence-electron chi connectivity index (χ0n) is 8.02. The maximum Gasteiger partial charge on any atom is 0.165 e. The molecule has 1 heterocycles. The molecule has 0 spiro atoms. The molecule has 68 valence electrons. The van der Waals surface area contributed by atoms with Crippen LogP contribution in [-0.4, -0.2) is 17.5 Å². The molecule has 0 amide bonds. The predicted octanol–water partition coefficient (Wildman–Crippen LogP) is 1.92. The van der Waals surface area contributed by atoms with Gasteiger partial charge in [-0.15, -0.1) is 0 Å². The molecule has 0 radical (unpaired) electrons. The summed E-state index contributed by atoms with van der Waals surface area (Å²) in [5.74, 6) is 0.313. The SMILES string of the molecule is CCC12CC(C)(C)CC(=O)C1O2. The van der Waals surface area contributed by atoms with Gasteiger partial charge in [-0.25, -0.2) is 0 Å². The fourth-order valence-electron chi connectivity index (χ4n) is 2.52. The first kappa shape index (κ1) is 8.24. The van der Waals surface area contributed by atoms with E-state index in [1.165, 1.54) is 0 Å². The predicted molar refractivity (Wildman–Crippen MR) is 45.9 cm³/mol. The Hall–Kier alpha value is -0.370. The summed E-state index contributed by atoms with van der Waals surface area (Å²) in [5, 5.41) is 0. The van der Waals surface area contributed by atoms with E-state index in [1.807, 2.05) is 0 Å². The smallest absolute Gasteiger partial charge is 0.165 e. The second-order valence-corrected chi connectivity index (χ2v) is 4.90. The summed E-state index contributed by atoms with van der Waals surface area (Å²) in [5.41, 5.74) is 0.0962. The number of carbonyl (C=O) groups excluding carboxylic acids is 1. The lowest BCUT2D eigenvalue weighted by molar-refractivity contribution is -0.123. The molecule has 2 heteroatoms. The third-order valence-electron chi connectivity index (χ3n) is 3.09. The molecule has 2 atom stereocenters. The fourth-order valence-corrected chi connectivity index (χ4v) is 2.52. The third kappa shape index (κ3) is 1.01. The van der Waals surface area contributed by atoms with E-state index < -0.39 is 0 Å². The van der Waals surface area contributed by atoms with Crippen LogP contribution in [0.4, 0.5) is 0 Å². The summed E-state index contributed by atoms with van der Waals surface area (Å²) in [6.07, 6.45) is 2.68. The van der Waals surface area contributed by atoms with Crippen LogP contribution < -0.4 is 0 Å². The van der Waals surface area contributed by atoms with Crippen LogP contribution >= 0.6 is 0 Å². The van der Waals surface area contributed by atoms with Gasteiger partial charge in [-0.05, 0) is 18.3 Å². The number of carbonyl (C=O) groups is 1. The summed E-state index contributed by atoms with van der Waals surface area (Å²) in [4.78, 5) is 11.5. The van der Waals surface area contributed by atoms with Crippen LogP contribution in [0.25, 0.3) is 0 Å². The monoisotopic (exact) mass is 168 g/mol. The van der Waals surface area contributed by atoms with Crippen molar-refractivity contribution in [2.75, 3.05) is 0 Å². The number of ketones is 1. The van der Waals surface area contributed by atoms with Gasteiger partial charge in [0.25, 0.3) is 0 Å². The van der Waals surface area contributed by atoms with Crippen LogP contribution in [0.3, 0.4) is 0 Å². The second-order valence-electron chi connectivity index (χ2n) is 4.90. The van der Waals surface area contributed by atoms with Crippen molar-refractivity contribution in [2.24, 2.45) is 5.41 Å². The molecule has 0 N–H and O–H groups in total. The molecule has 0 aromatic heterocycles. The minimum absolute atomic E-state index is 0.0458. The zero-order valence-corrected chi connectivity index (χ0v) is 8.02. The molecular formula is C10H16O2. The van der Waals surface area contributed by atoms with E-state index in [-0.39, 0.29) is 17.1 Å². The number of epoxide rings is 1. The Balaban J connectivity index is 2.20. The first-order chi connectivity index (χ1) is 5.49. The van der Waals surface area contributed by atoms with Gasteiger partial charge in [-0.2, -0.15) is 0 Å². The van der Waals surface area contributed by atoms with Crippen molar-refractivity contribution in [1.29, 1.82) is 0 Å². The Morgan fingerprint density at radius 2 is 2.25 bits per heavy atom. The third-order valence-corrected chi connectivity index (χ3v) is 3.09. The van der Waals surface area contributed by atoms with Crippen molar-refractivity contribution in [3.05, 3.63) is 0 Å². The van der Waals surface area contributed by atoms with Gasteiger partial charge >= 0.3 is 0 Å². The highest BCUT2D eigenvalue weighted by Crippen LogP contribution is 2.54. The van der Waals surface area contributed by atoms with Crippen LogP contribution in [0.2, 0.25) is 0 Å². The normalized spacial score (nSPS) is 43.9. The second kappa shape index (κ2) is 2.11. The molecule has 2 fully saturated rings. The van der Waals surface area contributed by atoms with Crippen molar-refractivity contribution >= 4 is 5.78 Å². The van der Waals surface area contributed by atoms with E-state index in [0.717, 1.165) is 12.8 Å². The highest BCUT2D eigenvalue weighted by atomic mass is 16.6. The lowest BCUT2D eigenvalue weighted by Crippen LogP contribution is -2.36. The maximum absolute atomic E-state index is 11.5. The molecule has 2 rings (SSSR count). The quantitative estimate of drug-likeness (QED) is 0.560. The molecule has 0 bridgehead atoms. The summed E-state index contributed by atoms with van der Waals surface area (Å²) in [6.45, 7) is 6.41. The number of ether oxygens (including phenoxy) is 1. The van der Waals surface area contributed by atoms with Crippen LogP contribution in [0.15, 0.2) is 0 Å².